The lowest BCUT2D eigenvalue weighted by Gasteiger charge is -2.36. The van der Waals surface area contributed by atoms with Crippen LogP contribution in [0.3, 0.4) is 0 Å². The third-order valence-electron chi connectivity index (χ3n) is 5.72. The lowest BCUT2D eigenvalue weighted by Crippen LogP contribution is -2.42. The first kappa shape index (κ1) is 22.2. The van der Waals surface area contributed by atoms with Gasteiger partial charge in [0, 0.05) is 24.4 Å². The summed E-state index contributed by atoms with van der Waals surface area (Å²) in [6, 6.07) is 9.79. The van der Waals surface area contributed by atoms with Crippen molar-refractivity contribution in [2.24, 2.45) is 11.8 Å². The number of carbonyl (C=O) groups excluding carboxylic acids is 1. The van der Waals surface area contributed by atoms with E-state index in [1.165, 1.54) is 0 Å². The Morgan fingerprint density at radius 2 is 1.75 bits per heavy atom. The van der Waals surface area contributed by atoms with E-state index in [0.717, 1.165) is 23.1 Å². The minimum absolute atomic E-state index is 0.0552. The predicted molar refractivity (Wildman–Crippen MR) is 114 cm³/mol. The Bertz CT molecular complexity index is 713. The molecule has 1 aromatic carbocycles. The molecular formula is C24H35NO3. The first-order valence-corrected chi connectivity index (χ1v) is 10.2. The van der Waals surface area contributed by atoms with Crippen LogP contribution in [-0.2, 0) is 4.74 Å². The molecule has 4 nitrogen and oxygen atoms in total. The maximum absolute atomic E-state index is 12.8. The fourth-order valence-corrected chi connectivity index (χ4v) is 4.08. The minimum atomic E-state index is -0.636. The van der Waals surface area contributed by atoms with Gasteiger partial charge in [0.25, 0.3) is 0 Å². The fraction of sp³-hybridized carbons (Fsp3) is 0.542. The molecule has 1 aromatic rings. The number of hydrogen-bond acceptors (Lipinski definition) is 3. The molecule has 0 saturated carbocycles. The first-order valence-electron chi connectivity index (χ1n) is 10.2. The zero-order valence-electron chi connectivity index (χ0n) is 18.1. The normalized spacial score (nSPS) is 21.0. The molecule has 0 radical (unpaired) electrons. The number of amides is 1. The van der Waals surface area contributed by atoms with Crippen molar-refractivity contribution in [3.8, 4) is 0 Å². The Morgan fingerprint density at radius 1 is 1.18 bits per heavy atom. The summed E-state index contributed by atoms with van der Waals surface area (Å²) >= 11 is 0. The van der Waals surface area contributed by atoms with Crippen LogP contribution in [0.1, 0.15) is 66.1 Å². The van der Waals surface area contributed by atoms with Crippen LogP contribution in [0.25, 0.3) is 0 Å². The molecule has 1 aliphatic carbocycles. The largest absolute Gasteiger partial charge is 0.415 e. The van der Waals surface area contributed by atoms with E-state index in [1.807, 2.05) is 71.9 Å². The van der Waals surface area contributed by atoms with E-state index in [9.17, 15) is 9.90 Å². The average Bonchev–Trinajstić information content (AvgIpc) is 2.62. The van der Waals surface area contributed by atoms with Gasteiger partial charge in [-0.05, 0) is 65.0 Å². The Balaban J connectivity index is 2.34. The average molecular weight is 386 g/mol. The molecule has 0 fully saturated rings. The number of ether oxygens (including phenoxy) is 1. The summed E-state index contributed by atoms with van der Waals surface area (Å²) in [5.74, 6) is 0.754. The summed E-state index contributed by atoms with van der Waals surface area (Å²) in [4.78, 5) is 14.6. The van der Waals surface area contributed by atoms with Gasteiger partial charge in [0.05, 0.1) is 6.10 Å². The van der Waals surface area contributed by atoms with Crippen molar-refractivity contribution < 1.29 is 14.6 Å². The van der Waals surface area contributed by atoms with Gasteiger partial charge in [-0.3, -0.25) is 0 Å². The number of allylic oxidation sites excluding steroid dienone is 2. The molecule has 2 rings (SSSR count). The van der Waals surface area contributed by atoms with Crippen molar-refractivity contribution in [3.05, 3.63) is 59.4 Å². The number of rotatable bonds is 6. The SMILES string of the molecule is C=C(C)[C@H]1CC(OC(=O)N(C(C)C)C(C)C)=C(C)[C@@H]([C@@H](O)c2ccccc2)C1. The van der Waals surface area contributed by atoms with Crippen molar-refractivity contribution in [2.75, 3.05) is 0 Å². The number of carbonyl (C=O) groups is 1. The lowest BCUT2D eigenvalue weighted by molar-refractivity contribution is 0.0786. The van der Waals surface area contributed by atoms with E-state index in [4.69, 9.17) is 4.74 Å². The predicted octanol–water partition coefficient (Wildman–Crippen LogP) is 5.85. The number of nitrogens with zero attached hydrogens (tertiary/aromatic N) is 1. The first-order chi connectivity index (χ1) is 13.1. The Labute approximate surface area is 169 Å². The minimum Gasteiger partial charge on any atom is -0.415 e. The van der Waals surface area contributed by atoms with Crippen LogP contribution >= 0.6 is 0 Å². The molecule has 0 unspecified atom stereocenters. The van der Waals surface area contributed by atoms with Gasteiger partial charge in [-0.1, -0.05) is 42.5 Å². The molecule has 3 atom stereocenters. The quantitative estimate of drug-likeness (QED) is 0.625. The number of benzene rings is 1. The van der Waals surface area contributed by atoms with Gasteiger partial charge in [0.2, 0.25) is 0 Å². The van der Waals surface area contributed by atoms with E-state index in [-0.39, 0.29) is 30.0 Å². The third kappa shape index (κ3) is 5.05. The Hall–Kier alpha value is -2.07. The molecule has 1 amide bonds. The molecule has 0 aromatic heterocycles. The van der Waals surface area contributed by atoms with E-state index >= 15 is 0 Å². The monoisotopic (exact) mass is 385 g/mol. The van der Waals surface area contributed by atoms with Crippen LogP contribution in [0.2, 0.25) is 0 Å². The third-order valence-corrected chi connectivity index (χ3v) is 5.72. The standard InChI is InChI=1S/C24H35NO3/c1-15(2)20-13-21(23(26)19-11-9-8-10-12-19)18(7)22(14-20)28-24(27)25(16(3)4)17(5)6/h8-12,16-17,20-21,23,26H,1,13-14H2,2-7H3/t20-,21+,23+/m1/s1. The molecule has 0 aliphatic heterocycles. The second kappa shape index (κ2) is 9.42. The maximum Gasteiger partial charge on any atom is 0.415 e. The van der Waals surface area contributed by atoms with Gasteiger partial charge in [0.15, 0.2) is 0 Å². The van der Waals surface area contributed by atoms with E-state index in [1.54, 1.807) is 4.90 Å². The highest BCUT2D eigenvalue weighted by atomic mass is 16.6. The van der Waals surface area contributed by atoms with Gasteiger partial charge in [-0.25, -0.2) is 4.79 Å². The van der Waals surface area contributed by atoms with Crippen molar-refractivity contribution in [1.82, 2.24) is 4.90 Å². The van der Waals surface area contributed by atoms with Crippen LogP contribution in [0, 0.1) is 11.8 Å². The smallest absolute Gasteiger partial charge is 0.415 e. The fourth-order valence-electron chi connectivity index (χ4n) is 4.08. The molecule has 1 N–H and O–H groups in total. The highest BCUT2D eigenvalue weighted by molar-refractivity contribution is 5.69. The van der Waals surface area contributed by atoms with Crippen molar-refractivity contribution >= 4 is 6.09 Å². The lowest BCUT2D eigenvalue weighted by atomic mass is 9.74. The molecule has 0 bridgehead atoms. The molecule has 4 heteroatoms. The van der Waals surface area contributed by atoms with Crippen LogP contribution < -0.4 is 0 Å². The van der Waals surface area contributed by atoms with Crippen LogP contribution in [-0.4, -0.2) is 28.2 Å². The molecule has 28 heavy (non-hydrogen) atoms. The van der Waals surface area contributed by atoms with Crippen LogP contribution in [0.15, 0.2) is 53.8 Å². The molecule has 0 saturated heterocycles. The van der Waals surface area contributed by atoms with Crippen molar-refractivity contribution in [3.63, 3.8) is 0 Å². The van der Waals surface area contributed by atoms with E-state index in [0.29, 0.717) is 12.2 Å². The highest BCUT2D eigenvalue weighted by Crippen LogP contribution is 2.43. The van der Waals surface area contributed by atoms with Crippen molar-refractivity contribution in [1.29, 1.82) is 0 Å². The second-order valence-corrected chi connectivity index (χ2v) is 8.51. The maximum atomic E-state index is 12.8. The molecular weight excluding hydrogens is 350 g/mol. The zero-order valence-corrected chi connectivity index (χ0v) is 18.1. The van der Waals surface area contributed by atoms with Gasteiger partial charge >= 0.3 is 6.09 Å². The number of aliphatic hydroxyl groups excluding tert-OH is 1. The van der Waals surface area contributed by atoms with Gasteiger partial charge in [-0.15, -0.1) is 0 Å². The van der Waals surface area contributed by atoms with Gasteiger partial charge < -0.3 is 14.7 Å². The Kier molecular flexibility index (Phi) is 7.48. The van der Waals surface area contributed by atoms with Gasteiger partial charge in [0.1, 0.15) is 5.76 Å². The zero-order chi connectivity index (χ0) is 21.0. The summed E-state index contributed by atoms with van der Waals surface area (Å²) in [6.07, 6.45) is 0.490. The molecule has 154 valence electrons. The second-order valence-electron chi connectivity index (χ2n) is 8.51. The topological polar surface area (TPSA) is 49.8 Å². The highest BCUT2D eigenvalue weighted by Gasteiger charge is 2.35. The summed E-state index contributed by atoms with van der Waals surface area (Å²) in [5.41, 5.74) is 2.89. The molecule has 1 aliphatic rings. The summed E-state index contributed by atoms with van der Waals surface area (Å²) < 4.78 is 5.90. The van der Waals surface area contributed by atoms with Crippen molar-refractivity contribution in [2.45, 2.75) is 72.6 Å². The Morgan fingerprint density at radius 3 is 2.25 bits per heavy atom. The number of aliphatic hydroxyl groups is 1. The summed E-state index contributed by atoms with van der Waals surface area (Å²) in [5, 5.41) is 11.0. The van der Waals surface area contributed by atoms with Crippen LogP contribution in [0.5, 0.6) is 0 Å². The summed E-state index contributed by atoms with van der Waals surface area (Å²) in [7, 11) is 0. The van der Waals surface area contributed by atoms with Gasteiger partial charge in [-0.2, -0.15) is 0 Å². The van der Waals surface area contributed by atoms with Crippen LogP contribution in [0.4, 0.5) is 4.79 Å². The summed E-state index contributed by atoms with van der Waals surface area (Å²) in [6.45, 7) is 16.1. The molecule has 0 heterocycles. The van der Waals surface area contributed by atoms with E-state index < -0.39 is 6.10 Å². The number of hydrogen-bond donors (Lipinski definition) is 1. The molecule has 0 spiro atoms. The van der Waals surface area contributed by atoms with E-state index in [2.05, 4.69) is 6.58 Å².